The van der Waals surface area contributed by atoms with Gasteiger partial charge in [-0.05, 0) is 44.0 Å². The van der Waals surface area contributed by atoms with E-state index in [1.165, 1.54) is 12.1 Å². The number of likely N-dealkylation sites (tertiary alicyclic amines) is 1. The highest BCUT2D eigenvalue weighted by molar-refractivity contribution is 5.95. The highest BCUT2D eigenvalue weighted by Gasteiger charge is 2.32. The summed E-state index contributed by atoms with van der Waals surface area (Å²) in [5, 5.41) is 7.41. The van der Waals surface area contributed by atoms with Crippen molar-refractivity contribution in [3.8, 4) is 5.69 Å². The summed E-state index contributed by atoms with van der Waals surface area (Å²) in [4.78, 5) is 29.1. The molecule has 0 aliphatic carbocycles. The lowest BCUT2D eigenvalue weighted by molar-refractivity contribution is -0.135. The summed E-state index contributed by atoms with van der Waals surface area (Å²) in [6.07, 6.45) is 3.36. The van der Waals surface area contributed by atoms with Crippen molar-refractivity contribution in [3.63, 3.8) is 0 Å². The molecule has 0 bridgehead atoms. The lowest BCUT2D eigenvalue weighted by Crippen LogP contribution is -2.57. The number of carbonyl (C=O) groups is 2. The third-order valence-electron chi connectivity index (χ3n) is 5.56. The van der Waals surface area contributed by atoms with Crippen LogP contribution in [0, 0.1) is 12.7 Å². The van der Waals surface area contributed by atoms with Crippen molar-refractivity contribution < 1.29 is 14.0 Å². The van der Waals surface area contributed by atoms with Crippen LogP contribution in [0.1, 0.15) is 28.9 Å². The van der Waals surface area contributed by atoms with Crippen LogP contribution < -0.4 is 5.32 Å². The van der Waals surface area contributed by atoms with Crippen LogP contribution in [0.3, 0.4) is 0 Å². The number of hydrogen-bond acceptors (Lipinski definition) is 4. The number of carbonyl (C=O) groups excluding carboxylic acids is 2. The van der Waals surface area contributed by atoms with Gasteiger partial charge in [0.2, 0.25) is 5.91 Å². The zero-order valence-electron chi connectivity index (χ0n) is 16.3. The molecule has 0 spiro atoms. The molecule has 1 atom stereocenters. The maximum absolute atomic E-state index is 13.2. The standard InChI is InChI=1S/C20H24FN5O2.ClH/c1-14-18(11-23-26(14)16-6-4-15(21)5-7-16)20(28)24-9-2-3-17(13-24)25-10-8-22-12-19(25)27;/h4-7,11,17,22H,2-3,8-10,12-13H2,1H3;1H. The van der Waals surface area contributed by atoms with Crippen LogP contribution in [0.25, 0.3) is 5.69 Å². The fourth-order valence-corrected chi connectivity index (χ4v) is 4.03. The van der Waals surface area contributed by atoms with E-state index in [0.717, 1.165) is 25.1 Å². The van der Waals surface area contributed by atoms with Gasteiger partial charge in [-0.15, -0.1) is 12.4 Å². The zero-order chi connectivity index (χ0) is 19.7. The molecule has 9 heteroatoms. The first-order valence-electron chi connectivity index (χ1n) is 9.64. The molecule has 29 heavy (non-hydrogen) atoms. The maximum Gasteiger partial charge on any atom is 0.257 e. The van der Waals surface area contributed by atoms with Gasteiger partial charge >= 0.3 is 0 Å². The molecule has 2 aromatic rings. The van der Waals surface area contributed by atoms with Crippen LogP contribution in [0.2, 0.25) is 0 Å². The molecule has 156 valence electrons. The van der Waals surface area contributed by atoms with Gasteiger partial charge in [-0.25, -0.2) is 9.07 Å². The van der Waals surface area contributed by atoms with Gasteiger partial charge in [0.1, 0.15) is 5.82 Å². The smallest absolute Gasteiger partial charge is 0.257 e. The number of amides is 2. The van der Waals surface area contributed by atoms with Gasteiger partial charge in [0, 0.05) is 32.2 Å². The van der Waals surface area contributed by atoms with E-state index in [-0.39, 0.29) is 36.1 Å². The molecule has 1 unspecified atom stereocenters. The van der Waals surface area contributed by atoms with E-state index in [4.69, 9.17) is 0 Å². The van der Waals surface area contributed by atoms with E-state index < -0.39 is 0 Å². The predicted octanol–water partition coefficient (Wildman–Crippen LogP) is 1.78. The van der Waals surface area contributed by atoms with Crippen LogP contribution in [0.4, 0.5) is 4.39 Å². The molecule has 2 aliphatic heterocycles. The van der Waals surface area contributed by atoms with Gasteiger partial charge in [0.05, 0.1) is 29.7 Å². The second kappa shape index (κ2) is 8.92. The van der Waals surface area contributed by atoms with Gasteiger partial charge in [0.15, 0.2) is 0 Å². The summed E-state index contributed by atoms with van der Waals surface area (Å²) in [5.41, 5.74) is 1.97. The largest absolute Gasteiger partial charge is 0.336 e. The second-order valence-electron chi connectivity index (χ2n) is 7.34. The van der Waals surface area contributed by atoms with Crippen molar-refractivity contribution in [2.75, 3.05) is 32.7 Å². The average molecular weight is 422 g/mol. The summed E-state index contributed by atoms with van der Waals surface area (Å²) < 4.78 is 14.8. The highest BCUT2D eigenvalue weighted by atomic mass is 35.5. The van der Waals surface area contributed by atoms with Crippen LogP contribution >= 0.6 is 12.4 Å². The predicted molar refractivity (Wildman–Crippen MR) is 109 cm³/mol. The van der Waals surface area contributed by atoms with Crippen molar-refractivity contribution in [2.24, 2.45) is 0 Å². The van der Waals surface area contributed by atoms with E-state index in [1.54, 1.807) is 23.0 Å². The summed E-state index contributed by atoms with van der Waals surface area (Å²) in [6.45, 7) is 4.91. The number of piperidine rings is 1. The summed E-state index contributed by atoms with van der Waals surface area (Å²) in [5.74, 6) is -0.282. The van der Waals surface area contributed by atoms with Gasteiger partial charge in [-0.2, -0.15) is 5.10 Å². The monoisotopic (exact) mass is 421 g/mol. The summed E-state index contributed by atoms with van der Waals surface area (Å²) in [7, 11) is 0. The van der Waals surface area contributed by atoms with E-state index in [1.807, 2.05) is 16.7 Å². The first-order chi connectivity index (χ1) is 13.5. The first-order valence-corrected chi connectivity index (χ1v) is 9.64. The second-order valence-corrected chi connectivity index (χ2v) is 7.34. The number of piperazine rings is 1. The molecular weight excluding hydrogens is 397 g/mol. The van der Waals surface area contributed by atoms with Gasteiger partial charge < -0.3 is 15.1 Å². The third-order valence-corrected chi connectivity index (χ3v) is 5.56. The van der Waals surface area contributed by atoms with E-state index in [0.29, 0.717) is 37.4 Å². The molecule has 2 fully saturated rings. The topological polar surface area (TPSA) is 70.5 Å². The Morgan fingerprint density at radius 2 is 2.00 bits per heavy atom. The van der Waals surface area contributed by atoms with E-state index in [9.17, 15) is 14.0 Å². The Morgan fingerprint density at radius 1 is 1.24 bits per heavy atom. The number of benzene rings is 1. The van der Waals surface area contributed by atoms with E-state index in [2.05, 4.69) is 10.4 Å². The Balaban J connectivity index is 0.00000240. The van der Waals surface area contributed by atoms with Crippen LogP contribution in [0.5, 0.6) is 0 Å². The number of rotatable bonds is 3. The Bertz CT molecular complexity index is 885. The SMILES string of the molecule is Cc1c(C(=O)N2CCCC(N3CCNCC3=O)C2)cnn1-c1ccc(F)cc1.Cl. The number of halogens is 2. The first kappa shape index (κ1) is 21.3. The number of nitrogens with one attached hydrogen (secondary N) is 1. The lowest BCUT2D eigenvalue weighted by Gasteiger charge is -2.41. The van der Waals surface area contributed by atoms with Crippen molar-refractivity contribution >= 4 is 24.2 Å². The molecule has 1 N–H and O–H groups in total. The Morgan fingerprint density at radius 3 is 2.72 bits per heavy atom. The quantitative estimate of drug-likeness (QED) is 0.820. The minimum Gasteiger partial charge on any atom is -0.336 e. The van der Waals surface area contributed by atoms with Gasteiger partial charge in [0.25, 0.3) is 5.91 Å². The zero-order valence-corrected chi connectivity index (χ0v) is 17.1. The molecule has 0 radical (unpaired) electrons. The number of aromatic nitrogens is 2. The van der Waals surface area contributed by atoms with Crippen molar-refractivity contribution in [1.82, 2.24) is 24.9 Å². The summed E-state index contributed by atoms with van der Waals surface area (Å²) >= 11 is 0. The fourth-order valence-electron chi connectivity index (χ4n) is 4.03. The van der Waals surface area contributed by atoms with Crippen molar-refractivity contribution in [1.29, 1.82) is 0 Å². The molecule has 1 aromatic heterocycles. The van der Waals surface area contributed by atoms with Crippen molar-refractivity contribution in [2.45, 2.75) is 25.8 Å². The molecular formula is C20H25ClFN5O2. The Labute approximate surface area is 175 Å². The normalized spacial score (nSPS) is 19.8. The van der Waals surface area contributed by atoms with Gasteiger partial charge in [-0.3, -0.25) is 9.59 Å². The van der Waals surface area contributed by atoms with E-state index >= 15 is 0 Å². The molecule has 2 saturated heterocycles. The molecule has 2 amide bonds. The van der Waals surface area contributed by atoms with Crippen molar-refractivity contribution in [3.05, 3.63) is 47.5 Å². The minimum absolute atomic E-state index is 0. The molecule has 2 aliphatic rings. The molecule has 0 saturated carbocycles. The minimum atomic E-state index is -0.313. The average Bonchev–Trinajstić information content (AvgIpc) is 3.10. The highest BCUT2D eigenvalue weighted by Crippen LogP contribution is 2.21. The van der Waals surface area contributed by atoms with Crippen LogP contribution in [-0.2, 0) is 4.79 Å². The molecule has 1 aromatic carbocycles. The summed E-state index contributed by atoms with van der Waals surface area (Å²) in [6, 6.07) is 6.09. The van der Waals surface area contributed by atoms with Gasteiger partial charge in [-0.1, -0.05) is 0 Å². The molecule has 4 rings (SSSR count). The molecule has 7 nitrogen and oxygen atoms in total. The molecule has 3 heterocycles. The lowest BCUT2D eigenvalue weighted by atomic mass is 10.0. The number of nitrogens with zero attached hydrogens (tertiary/aromatic N) is 4. The van der Waals surface area contributed by atoms with Crippen LogP contribution in [0.15, 0.2) is 30.5 Å². The Kier molecular flexibility index (Phi) is 6.54. The maximum atomic E-state index is 13.2. The fraction of sp³-hybridized carbons (Fsp3) is 0.450. The number of hydrogen-bond donors (Lipinski definition) is 1. The van der Waals surface area contributed by atoms with Crippen LogP contribution in [-0.4, -0.2) is 70.2 Å². The third kappa shape index (κ3) is 4.28. The Hall–Kier alpha value is -2.45.